The van der Waals surface area contributed by atoms with E-state index in [1.165, 1.54) is 6.07 Å². The third-order valence-electron chi connectivity index (χ3n) is 2.95. The fraction of sp³-hybridized carbons (Fsp3) is 0.188. The van der Waals surface area contributed by atoms with Gasteiger partial charge in [-0.3, -0.25) is 0 Å². The number of hydrogen-bond acceptors (Lipinski definition) is 3. The molecule has 2 atom stereocenters. The van der Waals surface area contributed by atoms with Gasteiger partial charge in [0.2, 0.25) is 0 Å². The van der Waals surface area contributed by atoms with Gasteiger partial charge in [-0.25, -0.2) is 4.39 Å². The van der Waals surface area contributed by atoms with Crippen LogP contribution in [0.5, 0.6) is 5.75 Å². The quantitative estimate of drug-likeness (QED) is 0.928. The van der Waals surface area contributed by atoms with Crippen molar-refractivity contribution in [3.8, 4) is 11.8 Å². The molecule has 0 bridgehead atoms. The summed E-state index contributed by atoms with van der Waals surface area (Å²) in [5.41, 5.74) is 6.68. The molecule has 0 aliphatic heterocycles. The molecule has 2 unspecified atom stereocenters. The Hall–Kier alpha value is -2.38. The summed E-state index contributed by atoms with van der Waals surface area (Å²) in [6.07, 6.45) is -0.648. The first-order valence-corrected chi connectivity index (χ1v) is 6.29. The maximum absolute atomic E-state index is 13.9. The van der Waals surface area contributed by atoms with Crippen LogP contribution in [-0.4, -0.2) is 6.04 Å². The van der Waals surface area contributed by atoms with E-state index in [1.807, 2.05) is 6.07 Å². The molecule has 20 heavy (non-hydrogen) atoms. The number of nitriles is 1. The number of nitrogens with two attached hydrogens (primary N) is 1. The van der Waals surface area contributed by atoms with E-state index in [0.29, 0.717) is 16.9 Å². The van der Waals surface area contributed by atoms with Crippen molar-refractivity contribution in [2.45, 2.75) is 19.1 Å². The molecule has 4 heteroatoms. The molecule has 0 saturated heterocycles. The van der Waals surface area contributed by atoms with Crippen molar-refractivity contribution in [1.82, 2.24) is 0 Å². The largest absolute Gasteiger partial charge is 0.483 e. The summed E-state index contributed by atoms with van der Waals surface area (Å²) in [5, 5.41) is 9.06. The van der Waals surface area contributed by atoms with Crippen LogP contribution in [0, 0.1) is 17.1 Å². The SMILES string of the molecule is CC(N)C(Oc1ccccc1C#N)c1ccccc1F. The minimum absolute atomic E-state index is 0.371. The van der Waals surface area contributed by atoms with Crippen LogP contribution < -0.4 is 10.5 Å². The Kier molecular flexibility index (Phi) is 4.34. The van der Waals surface area contributed by atoms with Gasteiger partial charge < -0.3 is 10.5 Å². The van der Waals surface area contributed by atoms with E-state index in [2.05, 4.69) is 0 Å². The van der Waals surface area contributed by atoms with Gasteiger partial charge in [0.05, 0.1) is 5.56 Å². The van der Waals surface area contributed by atoms with E-state index in [-0.39, 0.29) is 5.82 Å². The van der Waals surface area contributed by atoms with Crippen molar-refractivity contribution in [1.29, 1.82) is 5.26 Å². The van der Waals surface area contributed by atoms with Crippen LogP contribution in [0.15, 0.2) is 48.5 Å². The molecule has 2 aromatic carbocycles. The van der Waals surface area contributed by atoms with E-state index in [9.17, 15) is 4.39 Å². The second-order valence-electron chi connectivity index (χ2n) is 4.53. The highest BCUT2D eigenvalue weighted by atomic mass is 19.1. The van der Waals surface area contributed by atoms with Gasteiger partial charge in [0, 0.05) is 11.6 Å². The maximum Gasteiger partial charge on any atom is 0.141 e. The molecule has 0 aliphatic rings. The second kappa shape index (κ2) is 6.18. The Bertz CT molecular complexity index is 634. The first kappa shape index (κ1) is 14.0. The Morgan fingerprint density at radius 3 is 2.45 bits per heavy atom. The van der Waals surface area contributed by atoms with Crippen molar-refractivity contribution in [3.63, 3.8) is 0 Å². The smallest absolute Gasteiger partial charge is 0.141 e. The van der Waals surface area contributed by atoms with Crippen LogP contribution >= 0.6 is 0 Å². The number of nitrogens with zero attached hydrogens (tertiary/aromatic N) is 1. The van der Waals surface area contributed by atoms with Gasteiger partial charge in [-0.05, 0) is 25.1 Å². The number of halogens is 1. The molecule has 2 aromatic rings. The third kappa shape index (κ3) is 2.95. The lowest BCUT2D eigenvalue weighted by Gasteiger charge is -2.23. The molecule has 2 rings (SSSR count). The molecule has 0 fully saturated rings. The Balaban J connectivity index is 2.37. The normalized spacial score (nSPS) is 13.3. The molecular weight excluding hydrogens is 255 g/mol. The zero-order valence-electron chi connectivity index (χ0n) is 11.1. The fourth-order valence-electron chi connectivity index (χ4n) is 1.96. The Morgan fingerprint density at radius 2 is 1.80 bits per heavy atom. The highest BCUT2D eigenvalue weighted by Gasteiger charge is 2.22. The lowest BCUT2D eigenvalue weighted by atomic mass is 10.0. The van der Waals surface area contributed by atoms with Gasteiger partial charge in [0.1, 0.15) is 23.7 Å². The summed E-state index contributed by atoms with van der Waals surface area (Å²) in [7, 11) is 0. The van der Waals surface area contributed by atoms with Gasteiger partial charge in [-0.15, -0.1) is 0 Å². The number of benzene rings is 2. The lowest BCUT2D eigenvalue weighted by Crippen LogP contribution is -2.30. The number of para-hydroxylation sites is 1. The molecule has 0 saturated carbocycles. The van der Waals surface area contributed by atoms with Gasteiger partial charge in [-0.1, -0.05) is 30.3 Å². The Morgan fingerprint density at radius 1 is 1.15 bits per heavy atom. The predicted molar refractivity (Wildman–Crippen MR) is 74.6 cm³/mol. The average molecular weight is 270 g/mol. The summed E-state index contributed by atoms with van der Waals surface area (Å²) in [6.45, 7) is 1.74. The van der Waals surface area contributed by atoms with Crippen molar-refractivity contribution >= 4 is 0 Å². The summed E-state index contributed by atoms with van der Waals surface area (Å²) in [4.78, 5) is 0. The van der Waals surface area contributed by atoms with Gasteiger partial charge in [0.25, 0.3) is 0 Å². The van der Waals surface area contributed by atoms with Gasteiger partial charge in [-0.2, -0.15) is 5.26 Å². The van der Waals surface area contributed by atoms with E-state index in [4.69, 9.17) is 15.7 Å². The van der Waals surface area contributed by atoms with Crippen molar-refractivity contribution in [2.24, 2.45) is 5.73 Å². The average Bonchev–Trinajstić information content (AvgIpc) is 2.46. The minimum Gasteiger partial charge on any atom is -0.483 e. The highest BCUT2D eigenvalue weighted by molar-refractivity contribution is 5.43. The van der Waals surface area contributed by atoms with Crippen LogP contribution in [0.2, 0.25) is 0 Å². The molecule has 0 aromatic heterocycles. The molecule has 0 aliphatic carbocycles. The monoisotopic (exact) mass is 270 g/mol. The summed E-state index contributed by atoms with van der Waals surface area (Å²) < 4.78 is 19.7. The van der Waals surface area contributed by atoms with Gasteiger partial charge >= 0.3 is 0 Å². The van der Waals surface area contributed by atoms with Crippen LogP contribution in [0.25, 0.3) is 0 Å². The number of rotatable bonds is 4. The van der Waals surface area contributed by atoms with Crippen molar-refractivity contribution in [2.75, 3.05) is 0 Å². The summed E-state index contributed by atoms with van der Waals surface area (Å²) in [5.74, 6) is 0.0322. The van der Waals surface area contributed by atoms with Crippen LogP contribution in [0.1, 0.15) is 24.2 Å². The molecule has 0 spiro atoms. The van der Waals surface area contributed by atoms with Crippen LogP contribution in [-0.2, 0) is 0 Å². The fourth-order valence-corrected chi connectivity index (χ4v) is 1.96. The van der Waals surface area contributed by atoms with E-state index in [0.717, 1.165) is 0 Å². The van der Waals surface area contributed by atoms with Gasteiger partial charge in [0.15, 0.2) is 0 Å². The lowest BCUT2D eigenvalue weighted by molar-refractivity contribution is 0.175. The van der Waals surface area contributed by atoms with E-state index >= 15 is 0 Å². The second-order valence-corrected chi connectivity index (χ2v) is 4.53. The van der Waals surface area contributed by atoms with E-state index in [1.54, 1.807) is 49.4 Å². The molecule has 0 amide bonds. The number of ether oxygens (including phenoxy) is 1. The summed E-state index contributed by atoms with van der Waals surface area (Å²) >= 11 is 0. The molecular formula is C16H15FN2O. The van der Waals surface area contributed by atoms with E-state index < -0.39 is 12.1 Å². The molecule has 0 heterocycles. The first-order chi connectivity index (χ1) is 9.63. The zero-order chi connectivity index (χ0) is 14.5. The topological polar surface area (TPSA) is 59.0 Å². The summed E-state index contributed by atoms with van der Waals surface area (Å²) in [6, 6.07) is 14.8. The zero-order valence-corrected chi connectivity index (χ0v) is 11.1. The highest BCUT2D eigenvalue weighted by Crippen LogP contribution is 2.28. The third-order valence-corrected chi connectivity index (χ3v) is 2.95. The standard InChI is InChI=1S/C16H15FN2O/c1-11(19)16(13-7-3-4-8-14(13)17)20-15-9-5-2-6-12(15)10-18/h2-9,11,16H,19H2,1H3. The first-order valence-electron chi connectivity index (χ1n) is 6.29. The minimum atomic E-state index is -0.648. The molecule has 3 nitrogen and oxygen atoms in total. The van der Waals surface area contributed by atoms with Crippen LogP contribution in [0.3, 0.4) is 0 Å². The molecule has 102 valence electrons. The van der Waals surface area contributed by atoms with Crippen molar-refractivity contribution in [3.05, 3.63) is 65.5 Å². The molecule has 0 radical (unpaired) electrons. The van der Waals surface area contributed by atoms with Crippen molar-refractivity contribution < 1.29 is 9.13 Å². The maximum atomic E-state index is 13.9. The Labute approximate surface area is 117 Å². The predicted octanol–water partition coefficient (Wildman–Crippen LogP) is 3.16. The number of hydrogen-bond donors (Lipinski definition) is 1. The molecule has 2 N–H and O–H groups in total. The van der Waals surface area contributed by atoms with Crippen LogP contribution in [0.4, 0.5) is 4.39 Å².